The maximum atomic E-state index is 12.6. The van der Waals surface area contributed by atoms with E-state index in [-0.39, 0.29) is 38.8 Å². The highest BCUT2D eigenvalue weighted by Gasteiger charge is 2.30. The molecule has 35 heavy (non-hydrogen) atoms. The van der Waals surface area contributed by atoms with E-state index in [4.69, 9.17) is 24.7 Å². The first-order valence-electron chi connectivity index (χ1n) is 11.6. The van der Waals surface area contributed by atoms with E-state index in [2.05, 4.69) is 10.3 Å². The van der Waals surface area contributed by atoms with E-state index in [9.17, 15) is 19.2 Å². The molecule has 1 rings (SSSR count). The minimum absolute atomic E-state index is 0.173. The van der Waals surface area contributed by atoms with Gasteiger partial charge in [-0.25, -0.2) is 0 Å². The van der Waals surface area contributed by atoms with Crippen molar-refractivity contribution in [1.82, 2.24) is 15.2 Å². The SMILES string of the molecule is CCOC(=O)CN(CC(=O)OCC)[C@@H](CCCCNC(=O)c1[nH]c(CN)c(C)c1OC)C(=O)OC. The number of aromatic nitrogens is 1. The van der Waals surface area contributed by atoms with Crippen LogP contribution in [-0.2, 0) is 35.1 Å². The molecule has 1 amide bonds. The molecule has 0 aliphatic heterocycles. The van der Waals surface area contributed by atoms with Crippen molar-refractivity contribution in [3.05, 3.63) is 17.0 Å². The first-order valence-corrected chi connectivity index (χ1v) is 11.6. The van der Waals surface area contributed by atoms with Gasteiger partial charge in [0.05, 0.1) is 40.5 Å². The van der Waals surface area contributed by atoms with E-state index in [1.807, 2.05) is 6.92 Å². The van der Waals surface area contributed by atoms with Crippen molar-refractivity contribution < 1.29 is 38.1 Å². The van der Waals surface area contributed by atoms with Crippen LogP contribution in [0.15, 0.2) is 0 Å². The number of nitrogens with zero attached hydrogens (tertiary/aromatic N) is 1. The molecule has 1 aromatic heterocycles. The molecule has 0 unspecified atom stereocenters. The van der Waals surface area contributed by atoms with Gasteiger partial charge in [0.2, 0.25) is 0 Å². The summed E-state index contributed by atoms with van der Waals surface area (Å²) in [5.74, 6) is -1.60. The molecule has 0 saturated carbocycles. The second-order valence-electron chi connectivity index (χ2n) is 7.65. The number of nitrogens with two attached hydrogens (primary N) is 1. The lowest BCUT2D eigenvalue weighted by Gasteiger charge is -2.28. The van der Waals surface area contributed by atoms with Gasteiger partial charge in [-0.3, -0.25) is 24.1 Å². The van der Waals surface area contributed by atoms with Gasteiger partial charge in [0.1, 0.15) is 11.7 Å². The highest BCUT2D eigenvalue weighted by molar-refractivity contribution is 5.96. The van der Waals surface area contributed by atoms with Gasteiger partial charge < -0.3 is 35.0 Å². The molecule has 0 aromatic carbocycles. The Balaban J connectivity index is 2.76. The number of methoxy groups -OCH3 is 2. The molecule has 0 saturated heterocycles. The van der Waals surface area contributed by atoms with E-state index in [0.717, 1.165) is 11.3 Å². The molecule has 0 bridgehead atoms. The first-order chi connectivity index (χ1) is 16.7. The van der Waals surface area contributed by atoms with Crippen LogP contribution in [0, 0.1) is 6.92 Å². The molecular formula is C23H38N4O8. The van der Waals surface area contributed by atoms with Crippen LogP contribution in [-0.4, -0.2) is 86.8 Å². The Kier molecular flexibility index (Phi) is 13.4. The summed E-state index contributed by atoms with van der Waals surface area (Å²) in [6.07, 6.45) is 1.35. The number of H-pyrrole nitrogens is 1. The molecule has 198 valence electrons. The molecular weight excluding hydrogens is 460 g/mol. The highest BCUT2D eigenvalue weighted by atomic mass is 16.5. The Labute approximate surface area is 205 Å². The van der Waals surface area contributed by atoms with Gasteiger partial charge in [0.25, 0.3) is 5.91 Å². The number of carbonyl (C=O) groups is 4. The monoisotopic (exact) mass is 498 g/mol. The number of hydrogen-bond donors (Lipinski definition) is 3. The summed E-state index contributed by atoms with van der Waals surface area (Å²) in [4.78, 5) is 53.5. The standard InChI is InChI=1S/C23H38N4O8/c1-6-34-18(28)13-27(14-19(29)35-7-2)17(23(31)33-5)10-8-9-11-25-22(30)20-21(32-4)15(3)16(12-24)26-20/h17,26H,6-14,24H2,1-5H3,(H,25,30)/t17-/m0/s1. The zero-order valence-electron chi connectivity index (χ0n) is 21.2. The van der Waals surface area contributed by atoms with Crippen LogP contribution >= 0.6 is 0 Å². The van der Waals surface area contributed by atoms with Crippen LogP contribution in [0.2, 0.25) is 0 Å². The Morgan fingerprint density at radius 2 is 1.63 bits per heavy atom. The topological polar surface area (TPSA) is 162 Å². The molecule has 12 heteroatoms. The molecule has 4 N–H and O–H groups in total. The van der Waals surface area contributed by atoms with Gasteiger partial charge in [-0.1, -0.05) is 0 Å². The summed E-state index contributed by atoms with van der Waals surface area (Å²) >= 11 is 0. The van der Waals surface area contributed by atoms with Crippen molar-refractivity contribution in [2.24, 2.45) is 5.73 Å². The Morgan fingerprint density at radius 1 is 1.03 bits per heavy atom. The predicted octanol–water partition coefficient (Wildman–Crippen LogP) is 0.660. The van der Waals surface area contributed by atoms with Crippen molar-refractivity contribution >= 4 is 23.8 Å². The van der Waals surface area contributed by atoms with Gasteiger partial charge in [-0.15, -0.1) is 0 Å². The number of rotatable bonds is 16. The summed E-state index contributed by atoms with van der Waals surface area (Å²) in [6.45, 7) is 5.55. The molecule has 12 nitrogen and oxygen atoms in total. The number of ether oxygens (including phenoxy) is 4. The lowest BCUT2D eigenvalue weighted by Crippen LogP contribution is -2.47. The van der Waals surface area contributed by atoms with Gasteiger partial charge in [-0.2, -0.15) is 0 Å². The van der Waals surface area contributed by atoms with Crippen LogP contribution < -0.4 is 15.8 Å². The molecule has 0 aliphatic carbocycles. The van der Waals surface area contributed by atoms with Crippen molar-refractivity contribution in [1.29, 1.82) is 0 Å². The Hall–Kier alpha value is -3.12. The van der Waals surface area contributed by atoms with Crippen LogP contribution in [0.5, 0.6) is 5.75 Å². The zero-order chi connectivity index (χ0) is 26.4. The van der Waals surface area contributed by atoms with Crippen LogP contribution in [0.4, 0.5) is 0 Å². The fourth-order valence-corrected chi connectivity index (χ4v) is 3.60. The Morgan fingerprint density at radius 3 is 2.11 bits per heavy atom. The second kappa shape index (κ2) is 15.7. The third-order valence-corrected chi connectivity index (χ3v) is 5.31. The molecule has 1 heterocycles. The van der Waals surface area contributed by atoms with E-state index < -0.39 is 23.9 Å². The minimum atomic E-state index is -0.859. The van der Waals surface area contributed by atoms with Gasteiger partial charge in [-0.05, 0) is 40.0 Å². The second-order valence-corrected chi connectivity index (χ2v) is 7.65. The fourth-order valence-electron chi connectivity index (χ4n) is 3.60. The third kappa shape index (κ3) is 9.21. The number of carbonyl (C=O) groups excluding carboxylic acids is 4. The van der Waals surface area contributed by atoms with Gasteiger partial charge in [0, 0.05) is 24.3 Å². The number of esters is 3. The summed E-state index contributed by atoms with van der Waals surface area (Å²) < 4.78 is 20.2. The smallest absolute Gasteiger partial charge is 0.323 e. The van der Waals surface area contributed by atoms with Crippen LogP contribution in [0.3, 0.4) is 0 Å². The maximum Gasteiger partial charge on any atom is 0.323 e. The normalized spacial score (nSPS) is 11.6. The Bertz CT molecular complexity index is 835. The molecule has 1 atom stereocenters. The van der Waals surface area contributed by atoms with Gasteiger partial charge in [0.15, 0.2) is 5.75 Å². The third-order valence-electron chi connectivity index (χ3n) is 5.31. The average molecular weight is 499 g/mol. The van der Waals surface area contributed by atoms with Crippen molar-refractivity contribution in [3.8, 4) is 5.75 Å². The summed E-state index contributed by atoms with van der Waals surface area (Å²) in [7, 11) is 2.72. The predicted molar refractivity (Wildman–Crippen MR) is 127 cm³/mol. The van der Waals surface area contributed by atoms with Crippen molar-refractivity contribution in [2.75, 3.05) is 47.1 Å². The number of hydrogen-bond acceptors (Lipinski definition) is 10. The number of aromatic amines is 1. The summed E-state index contributed by atoms with van der Waals surface area (Å²) in [6, 6.07) is -0.859. The molecule has 0 fully saturated rings. The van der Waals surface area contributed by atoms with Crippen LogP contribution in [0.25, 0.3) is 0 Å². The number of nitrogens with one attached hydrogen (secondary N) is 2. The summed E-state index contributed by atoms with van der Waals surface area (Å²) in [5, 5.41) is 2.81. The fraction of sp³-hybridized carbons (Fsp3) is 0.652. The molecule has 0 spiro atoms. The van der Waals surface area contributed by atoms with Crippen LogP contribution in [0.1, 0.15) is 54.9 Å². The molecule has 0 aliphatic rings. The number of amides is 1. The average Bonchev–Trinajstić information content (AvgIpc) is 3.16. The lowest BCUT2D eigenvalue weighted by atomic mass is 10.1. The maximum absolute atomic E-state index is 12.6. The first kappa shape index (κ1) is 29.9. The van der Waals surface area contributed by atoms with E-state index in [0.29, 0.717) is 37.3 Å². The quantitative estimate of drug-likeness (QED) is 0.168. The summed E-state index contributed by atoms with van der Waals surface area (Å²) in [5.41, 5.74) is 7.49. The molecule has 1 aromatic rings. The van der Waals surface area contributed by atoms with E-state index in [1.165, 1.54) is 19.1 Å². The lowest BCUT2D eigenvalue weighted by molar-refractivity contribution is -0.154. The molecule has 0 radical (unpaired) electrons. The number of unbranched alkanes of at least 4 members (excludes halogenated alkanes) is 1. The van der Waals surface area contributed by atoms with Crippen molar-refractivity contribution in [2.45, 2.75) is 52.6 Å². The largest absolute Gasteiger partial charge is 0.494 e. The highest BCUT2D eigenvalue weighted by Crippen LogP contribution is 2.26. The van der Waals surface area contributed by atoms with E-state index in [1.54, 1.807) is 13.8 Å². The van der Waals surface area contributed by atoms with E-state index >= 15 is 0 Å². The zero-order valence-corrected chi connectivity index (χ0v) is 21.2. The van der Waals surface area contributed by atoms with Gasteiger partial charge >= 0.3 is 17.9 Å². The minimum Gasteiger partial charge on any atom is -0.494 e. The van der Waals surface area contributed by atoms with Crippen molar-refractivity contribution in [3.63, 3.8) is 0 Å².